The summed E-state index contributed by atoms with van der Waals surface area (Å²) in [5, 5.41) is 18.5. The smallest absolute Gasteiger partial charge is 0.320 e. The third kappa shape index (κ3) is 3.31. The van der Waals surface area contributed by atoms with Gasteiger partial charge in [0.2, 0.25) is 0 Å². The van der Waals surface area contributed by atoms with Gasteiger partial charge < -0.3 is 20.0 Å². The van der Waals surface area contributed by atoms with Gasteiger partial charge in [0.1, 0.15) is 0 Å². The summed E-state index contributed by atoms with van der Waals surface area (Å²) < 4.78 is 0. The predicted octanol–water partition coefficient (Wildman–Crippen LogP) is 1.39. The van der Waals surface area contributed by atoms with Crippen molar-refractivity contribution >= 4 is 12.0 Å². The third-order valence-electron chi connectivity index (χ3n) is 5.07. The minimum absolute atomic E-state index is 0.0331. The van der Waals surface area contributed by atoms with E-state index >= 15 is 0 Å². The molecule has 2 heterocycles. The summed E-state index contributed by atoms with van der Waals surface area (Å²) in [6, 6.07) is -0.0331. The molecule has 2 amide bonds. The molecule has 0 saturated carbocycles. The number of piperidine rings is 1. The number of nitrogens with zero attached hydrogens (tertiary/aromatic N) is 2. The van der Waals surface area contributed by atoms with E-state index in [4.69, 9.17) is 5.11 Å². The molecule has 6 nitrogen and oxygen atoms in total. The molecule has 2 saturated heterocycles. The molecule has 0 spiro atoms. The Morgan fingerprint density at radius 2 is 2.05 bits per heavy atom. The fourth-order valence-electron chi connectivity index (χ4n) is 3.53. The second-order valence-corrected chi connectivity index (χ2v) is 6.36. The van der Waals surface area contributed by atoms with Crippen LogP contribution in [0.2, 0.25) is 0 Å². The van der Waals surface area contributed by atoms with E-state index < -0.39 is 11.4 Å². The van der Waals surface area contributed by atoms with Crippen LogP contribution in [0.4, 0.5) is 4.79 Å². The average Bonchev–Trinajstić information content (AvgIpc) is 2.95. The first kappa shape index (κ1) is 16.1. The van der Waals surface area contributed by atoms with Gasteiger partial charge >= 0.3 is 12.0 Å². The molecule has 120 valence electrons. The van der Waals surface area contributed by atoms with Gasteiger partial charge in [-0.3, -0.25) is 4.79 Å². The van der Waals surface area contributed by atoms with Gasteiger partial charge in [0, 0.05) is 32.8 Å². The molecule has 0 radical (unpaired) electrons. The van der Waals surface area contributed by atoms with Crippen LogP contribution in [0.15, 0.2) is 0 Å². The summed E-state index contributed by atoms with van der Waals surface area (Å²) >= 11 is 0. The zero-order valence-corrected chi connectivity index (χ0v) is 12.8. The van der Waals surface area contributed by atoms with Crippen LogP contribution < -0.4 is 0 Å². The molecule has 2 aliphatic heterocycles. The first-order chi connectivity index (χ1) is 10.0. The van der Waals surface area contributed by atoms with Crippen molar-refractivity contribution in [2.75, 3.05) is 32.8 Å². The monoisotopic (exact) mass is 298 g/mol. The summed E-state index contributed by atoms with van der Waals surface area (Å²) in [4.78, 5) is 27.7. The molecule has 2 N–H and O–H groups in total. The number of aliphatic hydroxyl groups is 1. The molecule has 2 unspecified atom stereocenters. The Kier molecular flexibility index (Phi) is 5.08. The lowest BCUT2D eigenvalue weighted by atomic mass is 9.78. The molecule has 2 fully saturated rings. The Morgan fingerprint density at radius 3 is 2.67 bits per heavy atom. The Morgan fingerprint density at radius 1 is 1.29 bits per heavy atom. The van der Waals surface area contributed by atoms with Crippen molar-refractivity contribution in [3.8, 4) is 0 Å². The molecule has 2 aliphatic rings. The van der Waals surface area contributed by atoms with Crippen molar-refractivity contribution < 1.29 is 19.8 Å². The minimum Gasteiger partial charge on any atom is -0.481 e. The van der Waals surface area contributed by atoms with E-state index in [9.17, 15) is 14.7 Å². The number of hydrogen-bond donors (Lipinski definition) is 2. The van der Waals surface area contributed by atoms with Crippen LogP contribution in [0, 0.1) is 11.3 Å². The van der Waals surface area contributed by atoms with Gasteiger partial charge in [0.25, 0.3) is 0 Å². The highest BCUT2D eigenvalue weighted by atomic mass is 16.4. The van der Waals surface area contributed by atoms with Crippen LogP contribution in [0.25, 0.3) is 0 Å². The van der Waals surface area contributed by atoms with E-state index in [-0.39, 0.29) is 12.6 Å². The molecule has 0 aromatic rings. The quantitative estimate of drug-likeness (QED) is 0.822. The lowest BCUT2D eigenvalue weighted by Gasteiger charge is -2.40. The normalized spacial score (nSPS) is 29.7. The van der Waals surface area contributed by atoms with Crippen LogP contribution >= 0.6 is 0 Å². The number of carboxylic acids is 1. The first-order valence-electron chi connectivity index (χ1n) is 7.90. The van der Waals surface area contributed by atoms with Crippen molar-refractivity contribution in [1.82, 2.24) is 9.80 Å². The molecule has 2 atom stereocenters. The van der Waals surface area contributed by atoms with E-state index in [1.54, 1.807) is 4.90 Å². The largest absolute Gasteiger partial charge is 0.481 e. The first-order valence-corrected chi connectivity index (χ1v) is 7.90. The van der Waals surface area contributed by atoms with Crippen LogP contribution in [0.5, 0.6) is 0 Å². The number of aliphatic hydroxyl groups excluding tert-OH is 1. The number of likely N-dealkylation sites (tertiary alicyclic amines) is 2. The summed E-state index contributed by atoms with van der Waals surface area (Å²) in [7, 11) is 0. The number of amides is 2. The molecular formula is C15H26N2O4. The number of carbonyl (C=O) groups excluding carboxylic acids is 1. The van der Waals surface area contributed by atoms with E-state index in [1.807, 2.05) is 11.8 Å². The number of urea groups is 1. The molecule has 0 aromatic carbocycles. The number of hydrogen-bond acceptors (Lipinski definition) is 3. The number of rotatable bonds is 4. The fraction of sp³-hybridized carbons (Fsp3) is 0.867. The Balaban J connectivity index is 1.98. The van der Waals surface area contributed by atoms with E-state index in [2.05, 4.69) is 0 Å². The van der Waals surface area contributed by atoms with Gasteiger partial charge in [-0.25, -0.2) is 4.79 Å². The van der Waals surface area contributed by atoms with Gasteiger partial charge in [-0.1, -0.05) is 6.92 Å². The van der Waals surface area contributed by atoms with E-state index in [0.717, 1.165) is 19.3 Å². The Hall–Kier alpha value is -1.30. The van der Waals surface area contributed by atoms with E-state index in [1.165, 1.54) is 0 Å². The highest BCUT2D eigenvalue weighted by Gasteiger charge is 2.43. The van der Waals surface area contributed by atoms with Crippen molar-refractivity contribution in [2.45, 2.75) is 39.0 Å². The molecular weight excluding hydrogens is 272 g/mol. The second-order valence-electron chi connectivity index (χ2n) is 6.36. The Bertz CT molecular complexity index is 401. The topological polar surface area (TPSA) is 81.1 Å². The third-order valence-corrected chi connectivity index (χ3v) is 5.07. The fourth-order valence-corrected chi connectivity index (χ4v) is 3.53. The minimum atomic E-state index is -0.790. The van der Waals surface area contributed by atoms with Gasteiger partial charge in [-0.2, -0.15) is 0 Å². The van der Waals surface area contributed by atoms with E-state index in [0.29, 0.717) is 44.9 Å². The van der Waals surface area contributed by atoms with Gasteiger partial charge in [-0.15, -0.1) is 0 Å². The van der Waals surface area contributed by atoms with Gasteiger partial charge in [-0.05, 0) is 38.0 Å². The number of carbonyl (C=O) groups is 2. The standard InChI is InChI=1S/C15H26N2O4/c1-2-15(13(19)20)6-3-7-17(11-15)14(21)16-8-4-12(10-16)5-9-18/h12,18H,2-11H2,1H3,(H,19,20). The maximum Gasteiger partial charge on any atom is 0.320 e. The lowest BCUT2D eigenvalue weighted by molar-refractivity contribution is -0.152. The maximum absolute atomic E-state index is 12.6. The molecule has 6 heteroatoms. The highest BCUT2D eigenvalue weighted by Crippen LogP contribution is 2.34. The van der Waals surface area contributed by atoms with Crippen molar-refractivity contribution in [3.05, 3.63) is 0 Å². The predicted molar refractivity (Wildman–Crippen MR) is 77.9 cm³/mol. The zero-order chi connectivity index (χ0) is 15.5. The number of carboxylic acid groups (broad SMARTS) is 1. The molecule has 0 aliphatic carbocycles. The summed E-state index contributed by atoms with van der Waals surface area (Å²) in [6.45, 7) is 4.41. The maximum atomic E-state index is 12.6. The molecule has 21 heavy (non-hydrogen) atoms. The van der Waals surface area contributed by atoms with Crippen molar-refractivity contribution in [2.24, 2.45) is 11.3 Å². The second kappa shape index (κ2) is 6.64. The SMILES string of the molecule is CCC1(C(=O)O)CCCN(C(=O)N2CCC(CCO)C2)C1. The van der Waals surface area contributed by atoms with Crippen LogP contribution in [0.1, 0.15) is 39.0 Å². The average molecular weight is 298 g/mol. The summed E-state index contributed by atoms with van der Waals surface area (Å²) in [6.07, 6.45) is 3.62. The van der Waals surface area contributed by atoms with Crippen molar-refractivity contribution in [1.29, 1.82) is 0 Å². The van der Waals surface area contributed by atoms with Crippen LogP contribution in [0.3, 0.4) is 0 Å². The van der Waals surface area contributed by atoms with Gasteiger partial charge in [0.05, 0.1) is 5.41 Å². The highest BCUT2D eigenvalue weighted by molar-refractivity contribution is 5.79. The Labute approximate surface area is 125 Å². The number of aliphatic carboxylic acids is 1. The van der Waals surface area contributed by atoms with Crippen LogP contribution in [-0.2, 0) is 4.79 Å². The van der Waals surface area contributed by atoms with Crippen LogP contribution in [-0.4, -0.2) is 64.8 Å². The lowest BCUT2D eigenvalue weighted by Crippen LogP contribution is -2.53. The summed E-state index contributed by atoms with van der Waals surface area (Å²) in [5.74, 6) is -0.416. The van der Waals surface area contributed by atoms with Gasteiger partial charge in [0.15, 0.2) is 0 Å². The molecule has 2 rings (SSSR count). The molecule has 0 bridgehead atoms. The molecule has 0 aromatic heterocycles. The zero-order valence-electron chi connectivity index (χ0n) is 12.8. The van der Waals surface area contributed by atoms with Crippen molar-refractivity contribution in [3.63, 3.8) is 0 Å². The summed E-state index contributed by atoms with van der Waals surface area (Å²) in [5.41, 5.74) is -0.780.